The maximum atomic E-state index is 11.2. The van der Waals surface area contributed by atoms with E-state index in [9.17, 15) is 4.79 Å². The van der Waals surface area contributed by atoms with E-state index in [-0.39, 0.29) is 18.1 Å². The number of carbonyl (C=O) groups is 1. The number of aromatic nitrogens is 1. The zero-order valence-corrected chi connectivity index (χ0v) is 17.1. The van der Waals surface area contributed by atoms with Gasteiger partial charge in [0.15, 0.2) is 5.76 Å². The first kappa shape index (κ1) is 19.9. The SMILES string of the molecule is CN=C(C)c1ccc(OC2CC(c3cc([C@H](C)NC(C)=O)on3)C2)cc1NC. The lowest BCUT2D eigenvalue weighted by Crippen LogP contribution is -2.32. The molecule has 0 aliphatic heterocycles. The number of ether oxygens (including phenoxy) is 1. The van der Waals surface area contributed by atoms with Crippen LogP contribution in [0.1, 0.15) is 62.6 Å². The van der Waals surface area contributed by atoms with Gasteiger partial charge >= 0.3 is 0 Å². The third kappa shape index (κ3) is 4.35. The van der Waals surface area contributed by atoms with Crippen molar-refractivity contribution in [3.63, 3.8) is 0 Å². The molecule has 1 saturated carbocycles. The van der Waals surface area contributed by atoms with Crippen molar-refractivity contribution in [3.8, 4) is 5.75 Å². The summed E-state index contributed by atoms with van der Waals surface area (Å²) in [5, 5.41) is 10.2. The summed E-state index contributed by atoms with van der Waals surface area (Å²) in [7, 11) is 3.69. The lowest BCUT2D eigenvalue weighted by molar-refractivity contribution is -0.119. The van der Waals surface area contributed by atoms with E-state index in [4.69, 9.17) is 9.26 Å². The van der Waals surface area contributed by atoms with E-state index in [1.807, 2.05) is 45.2 Å². The van der Waals surface area contributed by atoms with Gasteiger partial charge in [-0.2, -0.15) is 0 Å². The van der Waals surface area contributed by atoms with Crippen LogP contribution >= 0.6 is 0 Å². The van der Waals surface area contributed by atoms with E-state index in [0.717, 1.165) is 41.2 Å². The quantitative estimate of drug-likeness (QED) is 0.711. The smallest absolute Gasteiger partial charge is 0.217 e. The van der Waals surface area contributed by atoms with Crippen molar-refractivity contribution >= 4 is 17.3 Å². The summed E-state index contributed by atoms with van der Waals surface area (Å²) in [6.07, 6.45) is 1.95. The largest absolute Gasteiger partial charge is 0.490 e. The Morgan fingerprint density at radius 3 is 2.71 bits per heavy atom. The lowest BCUT2D eigenvalue weighted by atomic mass is 9.80. The van der Waals surface area contributed by atoms with Crippen molar-refractivity contribution in [1.82, 2.24) is 10.5 Å². The monoisotopic (exact) mass is 384 g/mol. The van der Waals surface area contributed by atoms with E-state index in [1.165, 1.54) is 6.92 Å². The molecule has 1 fully saturated rings. The summed E-state index contributed by atoms with van der Waals surface area (Å²) in [6, 6.07) is 7.79. The van der Waals surface area contributed by atoms with Gasteiger partial charge in [0.2, 0.25) is 5.91 Å². The zero-order chi connectivity index (χ0) is 20.3. The molecule has 7 heteroatoms. The normalized spacial score (nSPS) is 20.2. The van der Waals surface area contributed by atoms with Gasteiger partial charge in [-0.25, -0.2) is 0 Å². The Kier molecular flexibility index (Phi) is 6.02. The van der Waals surface area contributed by atoms with Gasteiger partial charge in [-0.15, -0.1) is 0 Å². The highest BCUT2D eigenvalue weighted by Gasteiger charge is 2.34. The number of benzene rings is 1. The molecule has 1 aromatic heterocycles. The summed E-state index contributed by atoms with van der Waals surface area (Å²) in [4.78, 5) is 15.4. The first-order chi connectivity index (χ1) is 13.4. The number of anilines is 1. The van der Waals surface area contributed by atoms with Gasteiger partial charge in [-0.3, -0.25) is 9.79 Å². The molecule has 2 aromatic rings. The topological polar surface area (TPSA) is 88.8 Å². The number of rotatable bonds is 7. The van der Waals surface area contributed by atoms with Crippen molar-refractivity contribution in [3.05, 3.63) is 41.3 Å². The molecule has 1 amide bonds. The van der Waals surface area contributed by atoms with Crippen LogP contribution in [0, 0.1) is 0 Å². The van der Waals surface area contributed by atoms with Gasteiger partial charge in [0, 0.05) is 56.0 Å². The van der Waals surface area contributed by atoms with Gasteiger partial charge in [0.25, 0.3) is 0 Å². The van der Waals surface area contributed by atoms with Gasteiger partial charge in [-0.1, -0.05) is 5.16 Å². The molecule has 1 heterocycles. The second kappa shape index (κ2) is 8.46. The fraction of sp³-hybridized carbons (Fsp3) is 0.476. The first-order valence-corrected chi connectivity index (χ1v) is 9.57. The fourth-order valence-corrected chi connectivity index (χ4v) is 3.41. The molecule has 0 bridgehead atoms. The molecule has 0 spiro atoms. The van der Waals surface area contributed by atoms with Crippen molar-refractivity contribution in [2.75, 3.05) is 19.4 Å². The van der Waals surface area contributed by atoms with Crippen LogP contribution in [-0.4, -0.2) is 37.0 Å². The minimum Gasteiger partial charge on any atom is -0.490 e. The van der Waals surface area contributed by atoms with Gasteiger partial charge in [0.1, 0.15) is 5.75 Å². The van der Waals surface area contributed by atoms with Crippen LogP contribution in [-0.2, 0) is 4.79 Å². The van der Waals surface area contributed by atoms with E-state index >= 15 is 0 Å². The Bertz CT molecular complexity index is 868. The number of carbonyl (C=O) groups excluding carboxylic acids is 1. The Morgan fingerprint density at radius 1 is 1.32 bits per heavy atom. The van der Waals surface area contributed by atoms with E-state index in [1.54, 1.807) is 7.05 Å². The Morgan fingerprint density at radius 2 is 2.07 bits per heavy atom. The number of aliphatic imine (C=N–C) groups is 1. The van der Waals surface area contributed by atoms with Crippen molar-refractivity contribution in [1.29, 1.82) is 0 Å². The number of hydrogen-bond acceptors (Lipinski definition) is 6. The highest BCUT2D eigenvalue weighted by Crippen LogP contribution is 2.39. The lowest BCUT2D eigenvalue weighted by Gasteiger charge is -2.34. The van der Waals surface area contributed by atoms with E-state index < -0.39 is 0 Å². The average molecular weight is 384 g/mol. The zero-order valence-electron chi connectivity index (χ0n) is 17.1. The predicted molar refractivity (Wildman–Crippen MR) is 109 cm³/mol. The number of nitrogens with zero attached hydrogens (tertiary/aromatic N) is 2. The highest BCUT2D eigenvalue weighted by molar-refractivity contribution is 6.03. The molecule has 1 atom stereocenters. The molecule has 150 valence electrons. The van der Waals surface area contributed by atoms with Crippen LogP contribution < -0.4 is 15.4 Å². The predicted octanol–water partition coefficient (Wildman–Crippen LogP) is 3.68. The third-order valence-electron chi connectivity index (χ3n) is 5.19. The minimum atomic E-state index is -0.181. The van der Waals surface area contributed by atoms with Crippen LogP contribution in [0.3, 0.4) is 0 Å². The summed E-state index contributed by atoms with van der Waals surface area (Å²) >= 11 is 0. The molecule has 0 saturated heterocycles. The molecule has 1 aliphatic carbocycles. The summed E-state index contributed by atoms with van der Waals surface area (Å²) in [5.74, 6) is 1.76. The molecular weight excluding hydrogens is 356 g/mol. The number of amides is 1. The maximum Gasteiger partial charge on any atom is 0.217 e. The number of nitrogens with one attached hydrogen (secondary N) is 2. The van der Waals surface area contributed by atoms with Gasteiger partial charge in [-0.05, 0) is 38.8 Å². The molecule has 1 aromatic carbocycles. The fourth-order valence-electron chi connectivity index (χ4n) is 3.41. The standard InChI is InChI=1S/C21H28N4O3/c1-12(22-4)18-7-6-16(10-20(18)23-5)27-17-8-15(9-17)19-11-21(28-25-19)13(2)24-14(3)26/h6-7,10-11,13,15,17,23H,8-9H2,1-5H3,(H,24,26)/t13-,15?,17?/m0/s1. The Labute approximate surface area is 165 Å². The number of hydrogen-bond donors (Lipinski definition) is 2. The second-order valence-corrected chi connectivity index (χ2v) is 7.25. The van der Waals surface area contributed by atoms with Crippen molar-refractivity contribution in [2.24, 2.45) is 4.99 Å². The van der Waals surface area contributed by atoms with Crippen LogP contribution in [0.25, 0.3) is 0 Å². The maximum absolute atomic E-state index is 11.2. The minimum absolute atomic E-state index is 0.0880. The Hall–Kier alpha value is -2.83. The molecule has 0 unspecified atom stereocenters. The van der Waals surface area contributed by atoms with Crippen LogP contribution in [0.4, 0.5) is 5.69 Å². The molecule has 7 nitrogen and oxygen atoms in total. The van der Waals surface area contributed by atoms with Crippen LogP contribution in [0.15, 0.2) is 33.8 Å². The molecule has 3 rings (SSSR count). The molecule has 1 aliphatic rings. The van der Waals surface area contributed by atoms with Crippen LogP contribution in [0.5, 0.6) is 5.75 Å². The van der Waals surface area contributed by atoms with Gasteiger partial charge < -0.3 is 19.9 Å². The van der Waals surface area contributed by atoms with E-state index in [2.05, 4.69) is 20.8 Å². The Balaban J connectivity index is 1.58. The van der Waals surface area contributed by atoms with Crippen LogP contribution in [0.2, 0.25) is 0 Å². The first-order valence-electron chi connectivity index (χ1n) is 9.57. The summed E-state index contributed by atoms with van der Waals surface area (Å²) in [5.41, 5.74) is 3.99. The van der Waals surface area contributed by atoms with Gasteiger partial charge in [0.05, 0.1) is 17.8 Å². The summed E-state index contributed by atoms with van der Waals surface area (Å²) in [6.45, 7) is 5.36. The van der Waals surface area contributed by atoms with Crippen molar-refractivity contribution in [2.45, 2.75) is 51.7 Å². The molecule has 0 radical (unpaired) electrons. The second-order valence-electron chi connectivity index (χ2n) is 7.25. The molecular formula is C21H28N4O3. The molecule has 28 heavy (non-hydrogen) atoms. The molecule has 2 N–H and O–H groups in total. The van der Waals surface area contributed by atoms with E-state index in [0.29, 0.717) is 11.7 Å². The highest BCUT2D eigenvalue weighted by atomic mass is 16.5. The summed E-state index contributed by atoms with van der Waals surface area (Å²) < 4.78 is 11.5. The average Bonchev–Trinajstić information content (AvgIpc) is 3.12. The third-order valence-corrected chi connectivity index (χ3v) is 5.19. The van der Waals surface area contributed by atoms with Crippen molar-refractivity contribution < 1.29 is 14.1 Å².